The molecule has 2 aromatic rings. The number of aliphatic carboxylic acids is 1. The second-order valence-corrected chi connectivity index (χ2v) is 10.1. The maximum atomic E-state index is 11.9. The van der Waals surface area contributed by atoms with Gasteiger partial charge in [-0.15, -0.1) is 0 Å². The Morgan fingerprint density at radius 2 is 1.94 bits per heavy atom. The van der Waals surface area contributed by atoms with E-state index in [1.807, 2.05) is 18.2 Å². The molecule has 0 unspecified atom stereocenters. The molecule has 3 fully saturated rings. The number of nitrogens with zero attached hydrogens (tertiary/aromatic N) is 2. The van der Waals surface area contributed by atoms with Gasteiger partial charge in [0.25, 0.3) is 5.88 Å². The molecular weight excluding hydrogens is 424 g/mol. The van der Waals surface area contributed by atoms with E-state index in [0.29, 0.717) is 36.3 Å². The van der Waals surface area contributed by atoms with Crippen molar-refractivity contribution in [2.45, 2.75) is 70.0 Å². The molecule has 2 saturated carbocycles. The number of carboxylic acid groups (broad SMARTS) is 1. The Morgan fingerprint density at radius 3 is 2.64 bits per heavy atom. The highest BCUT2D eigenvalue weighted by molar-refractivity contribution is 5.88. The molecule has 1 aromatic carbocycles. The number of aromatic nitrogens is 1. The molecule has 5 rings (SSSR count). The molecule has 8 heteroatoms. The largest absolute Gasteiger partial charge is 0.487 e. The predicted octanol–water partition coefficient (Wildman–Crippen LogP) is 3.86. The highest BCUT2D eigenvalue weighted by Crippen LogP contribution is 2.40. The van der Waals surface area contributed by atoms with Gasteiger partial charge in [0, 0.05) is 6.54 Å². The number of aliphatic hydroxyl groups is 1. The van der Waals surface area contributed by atoms with Crippen LogP contribution in [0.25, 0.3) is 11.0 Å². The van der Waals surface area contributed by atoms with Gasteiger partial charge in [0.2, 0.25) is 0 Å². The lowest BCUT2D eigenvalue weighted by molar-refractivity contribution is -0.150. The minimum atomic E-state index is -0.633. The van der Waals surface area contributed by atoms with E-state index in [4.69, 9.17) is 14.0 Å². The summed E-state index contributed by atoms with van der Waals surface area (Å²) in [5.74, 6) is 0.833. The minimum absolute atomic E-state index is 0.211. The Morgan fingerprint density at radius 1 is 1.15 bits per heavy atom. The van der Waals surface area contributed by atoms with Gasteiger partial charge in [-0.25, -0.2) is 0 Å². The Bertz CT molecular complexity index is 961. The summed E-state index contributed by atoms with van der Waals surface area (Å²) in [6.07, 6.45) is 7.49. The van der Waals surface area contributed by atoms with Crippen LogP contribution in [0.1, 0.15) is 57.8 Å². The van der Waals surface area contributed by atoms with E-state index in [9.17, 15) is 15.0 Å². The van der Waals surface area contributed by atoms with Gasteiger partial charge in [-0.1, -0.05) is 18.9 Å². The molecule has 0 radical (unpaired) electrons. The van der Waals surface area contributed by atoms with Crippen molar-refractivity contribution in [3.05, 3.63) is 18.2 Å². The number of benzene rings is 1. The molecule has 0 amide bonds. The topological polar surface area (TPSA) is 105 Å². The lowest BCUT2D eigenvalue weighted by Gasteiger charge is -2.36. The average Bonchev–Trinajstić information content (AvgIpc) is 3.55. The van der Waals surface area contributed by atoms with Gasteiger partial charge in [-0.05, 0) is 81.2 Å². The average molecular weight is 459 g/mol. The van der Waals surface area contributed by atoms with E-state index in [0.717, 1.165) is 76.3 Å². The first kappa shape index (κ1) is 22.5. The normalized spacial score (nSPS) is 26.1. The monoisotopic (exact) mass is 458 g/mol. The number of fused-ring (bicyclic) bond motifs is 1. The number of carbonyl (C=O) groups is 1. The number of likely N-dealkylation sites (tertiary alicyclic amines) is 1. The molecule has 8 nitrogen and oxygen atoms in total. The van der Waals surface area contributed by atoms with E-state index < -0.39 is 17.5 Å². The van der Waals surface area contributed by atoms with E-state index in [2.05, 4.69) is 10.1 Å². The predicted molar refractivity (Wildman–Crippen MR) is 121 cm³/mol. The Hall–Kier alpha value is -2.32. The number of rotatable bonds is 8. The first-order valence-electron chi connectivity index (χ1n) is 12.4. The van der Waals surface area contributed by atoms with Crippen LogP contribution >= 0.6 is 0 Å². The molecule has 0 spiro atoms. The fraction of sp³-hybridized carbons (Fsp3) is 0.680. The second-order valence-electron chi connectivity index (χ2n) is 10.1. The van der Waals surface area contributed by atoms with Crippen LogP contribution in [0, 0.1) is 11.3 Å². The Kier molecular flexibility index (Phi) is 6.47. The maximum absolute atomic E-state index is 11.9. The summed E-state index contributed by atoms with van der Waals surface area (Å²) in [6, 6.07) is 5.57. The molecule has 1 aliphatic heterocycles. The van der Waals surface area contributed by atoms with Crippen molar-refractivity contribution in [2.75, 3.05) is 26.2 Å². The number of hydrogen-bond acceptors (Lipinski definition) is 7. The van der Waals surface area contributed by atoms with Crippen LogP contribution in [-0.2, 0) is 4.79 Å². The third kappa shape index (κ3) is 4.68. The molecule has 3 aliphatic rings. The summed E-state index contributed by atoms with van der Waals surface area (Å²) < 4.78 is 17.7. The summed E-state index contributed by atoms with van der Waals surface area (Å²) in [5, 5.41) is 24.8. The van der Waals surface area contributed by atoms with Gasteiger partial charge in [0.1, 0.15) is 17.2 Å². The summed E-state index contributed by atoms with van der Waals surface area (Å²) >= 11 is 0. The third-order valence-corrected chi connectivity index (χ3v) is 7.83. The first-order valence-corrected chi connectivity index (χ1v) is 12.4. The quantitative estimate of drug-likeness (QED) is 0.614. The molecule has 1 saturated heterocycles. The van der Waals surface area contributed by atoms with Crippen LogP contribution in [0.3, 0.4) is 0 Å². The van der Waals surface area contributed by atoms with Crippen molar-refractivity contribution in [1.29, 1.82) is 0 Å². The molecule has 0 bridgehead atoms. The number of ether oxygens (including phenoxy) is 2. The molecule has 180 valence electrons. The lowest BCUT2D eigenvalue weighted by Crippen LogP contribution is -2.45. The Balaban J connectivity index is 1.18. The zero-order valence-corrected chi connectivity index (χ0v) is 19.1. The van der Waals surface area contributed by atoms with E-state index in [1.165, 1.54) is 0 Å². The van der Waals surface area contributed by atoms with Gasteiger partial charge in [-0.2, -0.15) is 0 Å². The number of aliphatic hydroxyl groups excluding tert-OH is 1. The van der Waals surface area contributed by atoms with E-state index in [1.54, 1.807) is 0 Å². The van der Waals surface area contributed by atoms with E-state index in [-0.39, 0.29) is 6.10 Å². The fourth-order valence-corrected chi connectivity index (χ4v) is 5.77. The standard InChI is InChI=1S/C25H34N2O6/c28-18-5-3-6-19(18)32-20-7-4-8-21-22(20)23(26-33-21)31-15-17-9-13-27(14-10-17)16-25(24(29)30)11-1-2-12-25/h4,7-8,17-19,28H,1-3,5-6,9-16H2,(H,29,30)/t18-,19-/m0/s1. The molecular formula is C25H34N2O6. The van der Waals surface area contributed by atoms with Crippen molar-refractivity contribution in [3.63, 3.8) is 0 Å². The van der Waals surface area contributed by atoms with Crippen molar-refractivity contribution in [2.24, 2.45) is 11.3 Å². The molecule has 2 atom stereocenters. The lowest BCUT2D eigenvalue weighted by atomic mass is 9.84. The summed E-state index contributed by atoms with van der Waals surface area (Å²) in [5.41, 5.74) is 0.0621. The van der Waals surface area contributed by atoms with Gasteiger partial charge in [0.15, 0.2) is 5.58 Å². The Labute approximate surface area is 193 Å². The van der Waals surface area contributed by atoms with Crippen LogP contribution < -0.4 is 9.47 Å². The first-order chi connectivity index (χ1) is 16.0. The molecule has 2 N–H and O–H groups in total. The van der Waals surface area contributed by atoms with Crippen molar-refractivity contribution in [3.8, 4) is 11.6 Å². The zero-order valence-electron chi connectivity index (χ0n) is 19.1. The van der Waals surface area contributed by atoms with Crippen LogP contribution in [-0.4, -0.2) is 64.7 Å². The van der Waals surface area contributed by atoms with Gasteiger partial charge < -0.3 is 29.1 Å². The van der Waals surface area contributed by atoms with Crippen molar-refractivity contribution < 1.29 is 29.0 Å². The number of carboxylic acids is 1. The summed E-state index contributed by atoms with van der Waals surface area (Å²) in [6.45, 7) is 3.00. The summed E-state index contributed by atoms with van der Waals surface area (Å²) in [4.78, 5) is 14.2. The smallest absolute Gasteiger partial charge is 0.310 e. The molecule has 33 heavy (non-hydrogen) atoms. The molecule has 2 heterocycles. The van der Waals surface area contributed by atoms with E-state index >= 15 is 0 Å². The van der Waals surface area contributed by atoms with Crippen molar-refractivity contribution in [1.82, 2.24) is 10.1 Å². The van der Waals surface area contributed by atoms with Crippen LogP contribution in [0.2, 0.25) is 0 Å². The number of piperidine rings is 1. The highest BCUT2D eigenvalue weighted by atomic mass is 16.5. The minimum Gasteiger partial charge on any atom is -0.487 e. The van der Waals surface area contributed by atoms with Gasteiger partial charge in [0.05, 0.1) is 18.1 Å². The van der Waals surface area contributed by atoms with Gasteiger partial charge >= 0.3 is 5.97 Å². The van der Waals surface area contributed by atoms with Crippen LogP contribution in [0.5, 0.6) is 11.6 Å². The van der Waals surface area contributed by atoms with Crippen LogP contribution in [0.4, 0.5) is 0 Å². The number of hydrogen-bond donors (Lipinski definition) is 2. The second kappa shape index (κ2) is 9.50. The summed E-state index contributed by atoms with van der Waals surface area (Å²) in [7, 11) is 0. The van der Waals surface area contributed by atoms with Crippen molar-refractivity contribution >= 4 is 16.9 Å². The van der Waals surface area contributed by atoms with Gasteiger partial charge in [-0.3, -0.25) is 4.79 Å². The third-order valence-electron chi connectivity index (χ3n) is 7.83. The zero-order chi connectivity index (χ0) is 22.8. The molecule has 2 aliphatic carbocycles. The fourth-order valence-electron chi connectivity index (χ4n) is 5.77. The highest BCUT2D eigenvalue weighted by Gasteiger charge is 2.43. The van der Waals surface area contributed by atoms with Crippen LogP contribution in [0.15, 0.2) is 22.7 Å². The maximum Gasteiger partial charge on any atom is 0.310 e. The molecule has 1 aromatic heterocycles. The SMILES string of the molecule is O=C(O)C1(CN2CCC(COc3noc4cccc(O[C@H]5CCC[C@@H]5O)c34)CC2)CCCC1.